The van der Waals surface area contributed by atoms with Gasteiger partial charge in [0.2, 0.25) is 0 Å². The molecule has 0 radical (unpaired) electrons. The van der Waals surface area contributed by atoms with Gasteiger partial charge in [-0.15, -0.1) is 0 Å². The Bertz CT molecular complexity index is 1170. The zero-order valence-corrected chi connectivity index (χ0v) is 27.7. The first-order valence-electron chi connectivity index (χ1n) is 15.7. The van der Waals surface area contributed by atoms with Crippen LogP contribution >= 0.6 is 0 Å². The van der Waals surface area contributed by atoms with Crippen molar-refractivity contribution in [3.8, 4) is 0 Å². The summed E-state index contributed by atoms with van der Waals surface area (Å²) in [5.41, 5.74) is 1.75. The van der Waals surface area contributed by atoms with E-state index in [0.717, 1.165) is 36.1 Å². The fourth-order valence-corrected chi connectivity index (χ4v) is 15.1. The first-order valence-corrected chi connectivity index (χ1v) is 19.6. The van der Waals surface area contributed by atoms with Crippen molar-refractivity contribution in [2.24, 2.45) is 33.7 Å². The quantitative estimate of drug-likeness (QED) is 0.364. The predicted octanol–water partition coefficient (Wildman–Crippen LogP) is 5.54. The van der Waals surface area contributed by atoms with Crippen molar-refractivity contribution >= 4 is 30.0 Å². The number of aliphatic imine (C=N–C) groups is 2. The van der Waals surface area contributed by atoms with Crippen LogP contribution in [0.25, 0.3) is 0 Å². The summed E-state index contributed by atoms with van der Waals surface area (Å²) in [5.74, 6) is 0.848. The minimum Gasteiger partial charge on any atom is -0.370 e. The van der Waals surface area contributed by atoms with Crippen LogP contribution in [0.3, 0.4) is 0 Å². The zero-order valence-electron chi connectivity index (χ0n) is 25.7. The number of hydrogen-bond acceptors (Lipinski definition) is 8. The summed E-state index contributed by atoms with van der Waals surface area (Å²) in [5, 5.41) is 0. The summed E-state index contributed by atoms with van der Waals surface area (Å²) in [6, 6.07) is 9.78. The lowest BCUT2D eigenvalue weighted by atomic mass is 9.76. The Hall–Kier alpha value is -1.25. The summed E-state index contributed by atoms with van der Waals surface area (Å²) in [7, 11) is -5.81. The molecule has 7 unspecified atom stereocenters. The smallest absolute Gasteiger partial charge is 0.370 e. The Morgan fingerprint density at radius 3 is 1.78 bits per heavy atom. The molecule has 0 saturated carbocycles. The molecule has 6 rings (SSSR count). The molecule has 10 heteroatoms. The van der Waals surface area contributed by atoms with Gasteiger partial charge in [-0.05, 0) is 33.6 Å². The molecule has 5 heterocycles. The largest absolute Gasteiger partial charge is 0.502 e. The maximum Gasteiger partial charge on any atom is 0.502 e. The molecule has 5 aliphatic rings. The van der Waals surface area contributed by atoms with E-state index in [1.54, 1.807) is 0 Å². The lowest BCUT2D eigenvalue weighted by Crippen LogP contribution is -2.68. The molecule has 0 amide bonds. The van der Waals surface area contributed by atoms with Gasteiger partial charge in [-0.2, -0.15) is 0 Å². The molecule has 6 bridgehead atoms. The average Bonchev–Trinajstić information content (AvgIpc) is 3.17. The van der Waals surface area contributed by atoms with Gasteiger partial charge in [-0.1, -0.05) is 52.0 Å². The lowest BCUT2D eigenvalue weighted by molar-refractivity contribution is -0.192. The van der Waals surface area contributed by atoms with Crippen LogP contribution in [0.15, 0.2) is 34.3 Å². The third-order valence-electron chi connectivity index (χ3n) is 10.0. The molecule has 0 N–H and O–H groups in total. The van der Waals surface area contributed by atoms with Gasteiger partial charge in [0.25, 0.3) is 0 Å². The molecular formula is C31H48N2O6Si2. The number of rotatable bonds is 0. The molecule has 2 spiro atoms. The minimum atomic E-state index is -2.91. The van der Waals surface area contributed by atoms with E-state index in [-0.39, 0.29) is 53.9 Å². The average molecular weight is 601 g/mol. The van der Waals surface area contributed by atoms with Gasteiger partial charge < -0.3 is 26.6 Å². The van der Waals surface area contributed by atoms with E-state index < -0.39 is 17.6 Å². The summed E-state index contributed by atoms with van der Waals surface area (Å²) < 4.78 is 41.1. The summed E-state index contributed by atoms with van der Waals surface area (Å²) in [6.45, 7) is 17.0. The van der Waals surface area contributed by atoms with Crippen molar-refractivity contribution in [3.05, 3.63) is 35.4 Å². The second kappa shape index (κ2) is 11.4. The second-order valence-corrected chi connectivity index (χ2v) is 18.6. The highest BCUT2D eigenvalue weighted by Gasteiger charge is 2.66. The maximum absolute atomic E-state index is 7.07. The normalized spacial score (nSPS) is 46.2. The Morgan fingerprint density at radius 1 is 0.659 bits per heavy atom. The fourth-order valence-electron chi connectivity index (χ4n) is 7.79. The highest BCUT2D eigenvalue weighted by molar-refractivity contribution is 6.62. The Labute approximate surface area is 247 Å². The Morgan fingerprint density at radius 2 is 1.17 bits per heavy atom. The van der Waals surface area contributed by atoms with Crippen LogP contribution < -0.4 is 0 Å². The zero-order chi connectivity index (χ0) is 29.0. The van der Waals surface area contributed by atoms with Crippen LogP contribution in [-0.2, 0) is 26.6 Å². The first-order chi connectivity index (χ1) is 19.5. The van der Waals surface area contributed by atoms with Gasteiger partial charge in [0.05, 0.1) is 36.1 Å². The Kier molecular flexibility index (Phi) is 8.25. The van der Waals surface area contributed by atoms with Crippen molar-refractivity contribution in [3.63, 3.8) is 0 Å². The number of hydrogen-bond donors (Lipinski definition) is 0. The first kappa shape index (κ1) is 29.8. The van der Waals surface area contributed by atoms with Crippen LogP contribution in [-0.4, -0.2) is 79.2 Å². The van der Waals surface area contributed by atoms with E-state index in [4.69, 9.17) is 36.5 Å². The van der Waals surface area contributed by atoms with Gasteiger partial charge in [-0.25, -0.2) is 0 Å². The van der Waals surface area contributed by atoms with Gasteiger partial charge >= 0.3 is 17.6 Å². The molecule has 5 aliphatic heterocycles. The van der Waals surface area contributed by atoms with Crippen LogP contribution in [0, 0.1) is 23.7 Å². The molecule has 0 aromatic heterocycles. The second-order valence-electron chi connectivity index (χ2n) is 13.5. The van der Waals surface area contributed by atoms with E-state index in [2.05, 4.69) is 60.6 Å². The summed E-state index contributed by atoms with van der Waals surface area (Å²) >= 11 is 0. The highest BCUT2D eigenvalue weighted by atomic mass is 28.4. The number of fused-ring (bicyclic) bond motifs is 5. The van der Waals surface area contributed by atoms with Crippen LogP contribution in [0.2, 0.25) is 12.1 Å². The maximum atomic E-state index is 7.07. The highest BCUT2D eigenvalue weighted by Crippen LogP contribution is 2.51. The van der Waals surface area contributed by atoms with E-state index in [0.29, 0.717) is 19.0 Å². The Balaban J connectivity index is 1.34. The predicted molar refractivity (Wildman–Crippen MR) is 164 cm³/mol. The number of nitrogens with zero attached hydrogens (tertiary/aromatic N) is 2. The molecule has 4 fully saturated rings. The van der Waals surface area contributed by atoms with Gasteiger partial charge in [0, 0.05) is 72.4 Å². The third-order valence-corrected chi connectivity index (χ3v) is 16.1. The lowest BCUT2D eigenvalue weighted by Gasteiger charge is -2.56. The van der Waals surface area contributed by atoms with Crippen molar-refractivity contribution in [1.82, 2.24) is 0 Å². The van der Waals surface area contributed by atoms with Crippen molar-refractivity contribution < 1.29 is 26.6 Å². The molecule has 8 nitrogen and oxygen atoms in total. The molecule has 41 heavy (non-hydrogen) atoms. The van der Waals surface area contributed by atoms with Crippen LogP contribution in [0.4, 0.5) is 0 Å². The fraction of sp³-hybridized carbons (Fsp3) is 0.742. The molecule has 0 aliphatic carbocycles. The van der Waals surface area contributed by atoms with E-state index in [9.17, 15) is 0 Å². The molecule has 11 atom stereocenters. The van der Waals surface area contributed by atoms with E-state index in [1.807, 2.05) is 24.6 Å². The number of benzene rings is 1. The van der Waals surface area contributed by atoms with Crippen LogP contribution in [0.1, 0.15) is 72.4 Å². The standard InChI is InChI=1S/C31H48N2O6Si2/c1-20-24(5)34-40-16-10-14-32-18-25-12-8-9-13-26(25)19-33-15-11-17-41-37-29(23(4)30(38-41)31(6,7)39-41)22(3)28(36-40)21(2)27(20)35-40/h8-9,12-13,18-24,27-30H,10-11,14-17H2,1-7H3/t20?,21?,22?,23?,24-,27-,28-,29-,30?,40?,41?/m0/s1. The summed E-state index contributed by atoms with van der Waals surface area (Å²) in [6.07, 6.45) is 5.80. The van der Waals surface area contributed by atoms with Crippen LogP contribution in [0.5, 0.6) is 0 Å². The van der Waals surface area contributed by atoms with Crippen molar-refractivity contribution in [1.29, 1.82) is 0 Å². The monoisotopic (exact) mass is 600 g/mol. The summed E-state index contributed by atoms with van der Waals surface area (Å²) in [4.78, 5) is 9.54. The third kappa shape index (κ3) is 5.59. The van der Waals surface area contributed by atoms with Crippen molar-refractivity contribution in [2.75, 3.05) is 13.1 Å². The van der Waals surface area contributed by atoms with E-state index in [1.165, 1.54) is 0 Å². The van der Waals surface area contributed by atoms with Gasteiger partial charge in [0.1, 0.15) is 0 Å². The van der Waals surface area contributed by atoms with E-state index >= 15 is 0 Å². The van der Waals surface area contributed by atoms with Crippen molar-refractivity contribution in [2.45, 2.75) is 110 Å². The van der Waals surface area contributed by atoms with Gasteiger partial charge in [0.15, 0.2) is 0 Å². The molecular weight excluding hydrogens is 553 g/mol. The molecule has 4 saturated heterocycles. The molecule has 1 aromatic carbocycles. The minimum absolute atomic E-state index is 0.00644. The molecule has 226 valence electrons. The van der Waals surface area contributed by atoms with Gasteiger partial charge in [-0.3, -0.25) is 9.98 Å². The molecule has 1 aromatic rings. The topological polar surface area (TPSA) is 80.1 Å². The SMILES string of the molecule is CC1C2O[Si]3(CCCN=Cc4ccccc4C=NCCC[Si]45O[C@H](C(C)[C@@H]1O3)C(C)[C@@H](O4)C(C)[C@H](C)O5)OC2(C)C.